The molecule has 29 heavy (non-hydrogen) atoms. The molecule has 0 aliphatic heterocycles. The zero-order valence-electron chi connectivity index (χ0n) is 16.1. The van der Waals surface area contributed by atoms with E-state index >= 15 is 0 Å². The van der Waals surface area contributed by atoms with Gasteiger partial charge in [0.25, 0.3) is 0 Å². The highest BCUT2D eigenvalue weighted by Gasteiger charge is 2.26. The van der Waals surface area contributed by atoms with Gasteiger partial charge in [0, 0.05) is 18.2 Å². The lowest BCUT2D eigenvalue weighted by molar-refractivity contribution is -0.322. The molecule has 0 bridgehead atoms. The molecule has 154 valence electrons. The highest BCUT2D eigenvalue weighted by atomic mass is 19.1. The number of nitrogens with zero attached hydrogens (tertiary/aromatic N) is 2. The topological polar surface area (TPSA) is 102 Å². The van der Waals surface area contributed by atoms with Gasteiger partial charge in [0.15, 0.2) is 0 Å². The van der Waals surface area contributed by atoms with E-state index in [0.29, 0.717) is 30.3 Å². The number of rotatable bonds is 8. The summed E-state index contributed by atoms with van der Waals surface area (Å²) in [5, 5.41) is 13.1. The zero-order valence-corrected chi connectivity index (χ0v) is 16.1. The molecule has 3 aromatic rings. The number of aliphatic hydroxyl groups excluding tert-OH is 1. The Morgan fingerprint density at radius 3 is 3.07 bits per heavy atom. The maximum atomic E-state index is 13.7. The third-order valence-electron chi connectivity index (χ3n) is 4.80. The van der Waals surface area contributed by atoms with Crippen molar-refractivity contribution in [1.82, 2.24) is 15.0 Å². The molecule has 3 N–H and O–H groups in total. The van der Waals surface area contributed by atoms with Gasteiger partial charge in [-0.2, -0.15) is 0 Å². The van der Waals surface area contributed by atoms with Gasteiger partial charge >= 0.3 is 0 Å². The molecule has 9 heteroatoms. The molecular weight excluding hydrogens is 379 g/mol. The van der Waals surface area contributed by atoms with Gasteiger partial charge < -0.3 is 20.1 Å². The SMILES string of the molecule is CCOOC1CCc2[nH]c3ncnc(Nc4ccc(F)cc4OCCO)c3c2C1. The maximum absolute atomic E-state index is 13.7. The minimum Gasteiger partial charge on any atom is -0.489 e. The van der Waals surface area contributed by atoms with Crippen LogP contribution in [0.3, 0.4) is 0 Å². The van der Waals surface area contributed by atoms with Gasteiger partial charge in [0.2, 0.25) is 0 Å². The second-order valence-electron chi connectivity index (χ2n) is 6.73. The largest absolute Gasteiger partial charge is 0.489 e. The van der Waals surface area contributed by atoms with Crippen LogP contribution in [0.2, 0.25) is 0 Å². The fraction of sp³-hybridized carbons (Fsp3) is 0.400. The molecular formula is C20H23FN4O4. The van der Waals surface area contributed by atoms with Gasteiger partial charge in [-0.25, -0.2) is 24.1 Å². The van der Waals surface area contributed by atoms with E-state index in [2.05, 4.69) is 20.3 Å². The lowest BCUT2D eigenvalue weighted by Crippen LogP contribution is -2.22. The fourth-order valence-electron chi connectivity index (χ4n) is 3.55. The van der Waals surface area contributed by atoms with Crippen molar-refractivity contribution >= 4 is 22.5 Å². The Morgan fingerprint density at radius 2 is 2.24 bits per heavy atom. The molecule has 1 aliphatic rings. The minimum absolute atomic E-state index is 0.0382. The van der Waals surface area contributed by atoms with E-state index in [0.717, 1.165) is 35.1 Å². The van der Waals surface area contributed by atoms with Gasteiger partial charge in [-0.15, -0.1) is 0 Å². The van der Waals surface area contributed by atoms with Gasteiger partial charge in [0.05, 0.1) is 30.4 Å². The summed E-state index contributed by atoms with van der Waals surface area (Å²) in [4.78, 5) is 22.7. The number of aliphatic hydroxyl groups is 1. The predicted octanol–water partition coefficient (Wildman–Crippen LogP) is 3.04. The van der Waals surface area contributed by atoms with Crippen molar-refractivity contribution in [2.45, 2.75) is 32.3 Å². The molecule has 2 heterocycles. The van der Waals surface area contributed by atoms with Crippen molar-refractivity contribution in [3.8, 4) is 5.75 Å². The average molecular weight is 402 g/mol. The number of hydrogen-bond acceptors (Lipinski definition) is 7. The molecule has 0 radical (unpaired) electrons. The van der Waals surface area contributed by atoms with Crippen LogP contribution >= 0.6 is 0 Å². The van der Waals surface area contributed by atoms with Crippen molar-refractivity contribution < 1.29 is 24.0 Å². The summed E-state index contributed by atoms with van der Waals surface area (Å²) in [5.74, 6) is 0.462. The second kappa shape index (κ2) is 8.73. The summed E-state index contributed by atoms with van der Waals surface area (Å²) in [7, 11) is 0. The second-order valence-corrected chi connectivity index (χ2v) is 6.73. The Balaban J connectivity index is 1.68. The Hall–Kier alpha value is -2.75. The standard InChI is InChI=1S/C20H23FN4O4/c1-2-28-29-13-4-6-15-14(10-13)18-19(24-15)22-11-23-20(18)25-16-5-3-12(21)9-17(16)27-8-7-26/h3,5,9,11,13,26H,2,4,6-8,10H2,1H3,(H2,22,23,24,25). The lowest BCUT2D eigenvalue weighted by atomic mass is 9.93. The van der Waals surface area contributed by atoms with E-state index in [-0.39, 0.29) is 19.3 Å². The van der Waals surface area contributed by atoms with E-state index < -0.39 is 5.82 Å². The smallest absolute Gasteiger partial charge is 0.145 e. The van der Waals surface area contributed by atoms with Crippen LogP contribution in [0.1, 0.15) is 24.6 Å². The number of benzene rings is 1. The van der Waals surface area contributed by atoms with Crippen LogP contribution in [-0.4, -0.2) is 46.0 Å². The highest BCUT2D eigenvalue weighted by Crippen LogP contribution is 2.36. The first-order chi connectivity index (χ1) is 14.2. The molecule has 1 aliphatic carbocycles. The molecule has 0 saturated heterocycles. The van der Waals surface area contributed by atoms with Crippen LogP contribution in [0.15, 0.2) is 24.5 Å². The van der Waals surface area contributed by atoms with Gasteiger partial charge in [-0.3, -0.25) is 0 Å². The summed E-state index contributed by atoms with van der Waals surface area (Å²) >= 11 is 0. The minimum atomic E-state index is -0.425. The fourth-order valence-corrected chi connectivity index (χ4v) is 3.55. The molecule has 0 amide bonds. The van der Waals surface area contributed by atoms with Crippen LogP contribution in [0.5, 0.6) is 5.75 Å². The molecule has 1 unspecified atom stereocenters. The number of nitrogens with one attached hydrogen (secondary N) is 2. The Labute approximate surface area is 167 Å². The molecule has 0 fully saturated rings. The number of fused-ring (bicyclic) bond motifs is 3. The number of hydrogen-bond donors (Lipinski definition) is 3. The number of halogens is 1. The molecule has 0 spiro atoms. The number of aromatic nitrogens is 3. The van der Waals surface area contributed by atoms with Crippen LogP contribution < -0.4 is 10.1 Å². The third kappa shape index (κ3) is 4.16. The first-order valence-corrected chi connectivity index (χ1v) is 9.62. The normalized spacial score (nSPS) is 16.0. The van der Waals surface area contributed by atoms with Crippen LogP contribution in [0, 0.1) is 5.82 Å². The predicted molar refractivity (Wildman–Crippen MR) is 105 cm³/mol. The highest BCUT2D eigenvalue weighted by molar-refractivity contribution is 5.93. The number of ether oxygens (including phenoxy) is 1. The summed E-state index contributed by atoms with van der Waals surface area (Å²) in [6.07, 6.45) is 3.79. The summed E-state index contributed by atoms with van der Waals surface area (Å²) in [6.45, 7) is 2.27. The van der Waals surface area contributed by atoms with Crippen LogP contribution in [0.25, 0.3) is 11.0 Å². The van der Waals surface area contributed by atoms with E-state index in [1.807, 2.05) is 6.92 Å². The monoisotopic (exact) mass is 402 g/mol. The van der Waals surface area contributed by atoms with Crippen molar-refractivity contribution in [2.24, 2.45) is 0 Å². The van der Waals surface area contributed by atoms with Crippen LogP contribution in [0.4, 0.5) is 15.9 Å². The van der Waals surface area contributed by atoms with E-state index in [1.54, 1.807) is 6.07 Å². The molecule has 0 saturated carbocycles. The summed E-state index contributed by atoms with van der Waals surface area (Å²) in [5.41, 5.74) is 3.46. The summed E-state index contributed by atoms with van der Waals surface area (Å²) < 4.78 is 19.1. The quantitative estimate of drug-likeness (QED) is 0.393. The molecule has 4 rings (SSSR count). The summed E-state index contributed by atoms with van der Waals surface area (Å²) in [6, 6.07) is 4.19. The maximum Gasteiger partial charge on any atom is 0.145 e. The first kappa shape index (κ1) is 19.6. The number of aromatic amines is 1. The number of aryl methyl sites for hydroxylation is 1. The van der Waals surface area contributed by atoms with Crippen molar-refractivity contribution in [3.05, 3.63) is 41.6 Å². The molecule has 1 aromatic carbocycles. The third-order valence-corrected chi connectivity index (χ3v) is 4.80. The van der Waals surface area contributed by atoms with Crippen molar-refractivity contribution in [3.63, 3.8) is 0 Å². The molecule has 8 nitrogen and oxygen atoms in total. The Bertz CT molecular complexity index is 994. The Kier molecular flexibility index (Phi) is 5.89. The lowest BCUT2D eigenvalue weighted by Gasteiger charge is -2.21. The molecule has 1 atom stereocenters. The van der Waals surface area contributed by atoms with Gasteiger partial charge in [-0.1, -0.05) is 0 Å². The van der Waals surface area contributed by atoms with Crippen LogP contribution in [-0.2, 0) is 22.6 Å². The van der Waals surface area contributed by atoms with Crippen molar-refractivity contribution in [2.75, 3.05) is 25.1 Å². The Morgan fingerprint density at radius 1 is 1.34 bits per heavy atom. The van der Waals surface area contributed by atoms with Gasteiger partial charge in [-0.05, 0) is 37.5 Å². The number of H-pyrrole nitrogens is 1. The van der Waals surface area contributed by atoms with E-state index in [1.165, 1.54) is 18.5 Å². The van der Waals surface area contributed by atoms with Gasteiger partial charge in [0.1, 0.15) is 36.0 Å². The molecule has 2 aromatic heterocycles. The first-order valence-electron chi connectivity index (χ1n) is 9.62. The van der Waals surface area contributed by atoms with E-state index in [9.17, 15) is 4.39 Å². The number of anilines is 2. The zero-order chi connectivity index (χ0) is 20.2. The van der Waals surface area contributed by atoms with E-state index in [4.69, 9.17) is 19.6 Å². The average Bonchev–Trinajstić information content (AvgIpc) is 3.11. The van der Waals surface area contributed by atoms with Crippen molar-refractivity contribution in [1.29, 1.82) is 0 Å².